The first-order valence-corrected chi connectivity index (χ1v) is 9.61. The summed E-state index contributed by atoms with van der Waals surface area (Å²) in [6.07, 6.45) is 1.59. The van der Waals surface area contributed by atoms with Crippen molar-refractivity contribution in [3.8, 4) is 0 Å². The van der Waals surface area contributed by atoms with Crippen molar-refractivity contribution in [2.24, 2.45) is 0 Å². The maximum atomic E-state index is 12.6. The highest BCUT2D eigenvalue weighted by atomic mass is 32.1. The molecule has 1 aliphatic rings. The molecule has 1 aromatic heterocycles. The molecule has 0 fully saturated rings. The van der Waals surface area contributed by atoms with Crippen molar-refractivity contribution in [2.45, 2.75) is 40.2 Å². The van der Waals surface area contributed by atoms with E-state index in [-0.39, 0.29) is 5.91 Å². The lowest BCUT2D eigenvalue weighted by Gasteiger charge is -2.29. The van der Waals surface area contributed by atoms with Crippen LogP contribution in [-0.4, -0.2) is 30.4 Å². The largest absolute Gasteiger partial charge is 0.371 e. The van der Waals surface area contributed by atoms with E-state index in [9.17, 15) is 4.79 Å². The van der Waals surface area contributed by atoms with Crippen molar-refractivity contribution in [2.75, 3.05) is 24.5 Å². The van der Waals surface area contributed by atoms with Crippen LogP contribution in [0, 0.1) is 13.8 Å². The monoisotopic (exact) mass is 342 g/mol. The fourth-order valence-corrected chi connectivity index (χ4v) is 4.35. The molecule has 1 aromatic carbocycles. The molecule has 24 heavy (non-hydrogen) atoms. The van der Waals surface area contributed by atoms with E-state index in [2.05, 4.69) is 55.3 Å². The molecule has 2 heterocycles. The first-order chi connectivity index (χ1) is 11.6. The van der Waals surface area contributed by atoms with E-state index in [1.165, 1.54) is 27.3 Å². The summed E-state index contributed by atoms with van der Waals surface area (Å²) >= 11 is 1.81. The summed E-state index contributed by atoms with van der Waals surface area (Å²) in [6, 6.07) is 8.70. The SMILES string of the molecule is CCN(CCC(=O)N1CCc2sccc2C1)c1ccc(C)cc1C. The number of carbonyl (C=O) groups is 1. The lowest BCUT2D eigenvalue weighted by atomic mass is 10.1. The molecule has 4 heteroatoms. The Kier molecular flexibility index (Phi) is 5.24. The number of hydrogen-bond acceptors (Lipinski definition) is 3. The number of aryl methyl sites for hydroxylation is 2. The fourth-order valence-electron chi connectivity index (χ4n) is 3.46. The third kappa shape index (κ3) is 3.64. The summed E-state index contributed by atoms with van der Waals surface area (Å²) in [6.45, 7) is 9.77. The van der Waals surface area contributed by atoms with Gasteiger partial charge < -0.3 is 9.80 Å². The van der Waals surface area contributed by atoms with E-state index in [1.54, 1.807) is 0 Å². The molecule has 0 N–H and O–H groups in total. The standard InChI is InChI=1S/C20H26N2OS/c1-4-21(18-6-5-15(2)13-16(18)3)11-8-20(23)22-10-7-19-17(14-22)9-12-24-19/h5-6,9,12-13H,4,7-8,10-11,14H2,1-3H3. The van der Waals surface area contributed by atoms with Crippen molar-refractivity contribution in [3.05, 3.63) is 51.2 Å². The number of thiophene rings is 1. The molecule has 0 radical (unpaired) electrons. The highest BCUT2D eigenvalue weighted by molar-refractivity contribution is 7.10. The highest BCUT2D eigenvalue weighted by Crippen LogP contribution is 2.25. The lowest BCUT2D eigenvalue weighted by molar-refractivity contribution is -0.131. The molecule has 1 amide bonds. The summed E-state index contributed by atoms with van der Waals surface area (Å²) < 4.78 is 0. The van der Waals surface area contributed by atoms with E-state index in [0.29, 0.717) is 6.42 Å². The first-order valence-electron chi connectivity index (χ1n) is 8.73. The van der Waals surface area contributed by atoms with Gasteiger partial charge >= 0.3 is 0 Å². The number of benzene rings is 1. The zero-order valence-corrected chi connectivity index (χ0v) is 15.7. The van der Waals surface area contributed by atoms with Crippen molar-refractivity contribution < 1.29 is 4.79 Å². The minimum atomic E-state index is 0.273. The van der Waals surface area contributed by atoms with Gasteiger partial charge in [0.1, 0.15) is 0 Å². The molecule has 3 nitrogen and oxygen atoms in total. The van der Waals surface area contributed by atoms with Crippen LogP contribution in [0.15, 0.2) is 29.6 Å². The third-order valence-corrected chi connectivity index (χ3v) is 5.85. The predicted molar refractivity (Wildman–Crippen MR) is 102 cm³/mol. The number of amides is 1. The van der Waals surface area contributed by atoms with Crippen LogP contribution in [0.3, 0.4) is 0 Å². The molecule has 3 rings (SSSR count). The van der Waals surface area contributed by atoms with Crippen LogP contribution in [0.2, 0.25) is 0 Å². The minimum Gasteiger partial charge on any atom is -0.371 e. The van der Waals surface area contributed by atoms with E-state index in [1.807, 2.05) is 16.2 Å². The van der Waals surface area contributed by atoms with Crippen LogP contribution in [-0.2, 0) is 17.8 Å². The summed E-state index contributed by atoms with van der Waals surface area (Å²) in [5.41, 5.74) is 5.14. The lowest BCUT2D eigenvalue weighted by Crippen LogP contribution is -2.37. The zero-order valence-electron chi connectivity index (χ0n) is 14.8. The van der Waals surface area contributed by atoms with E-state index < -0.39 is 0 Å². The Hall–Kier alpha value is -1.81. The number of rotatable bonds is 5. The van der Waals surface area contributed by atoms with E-state index in [4.69, 9.17) is 0 Å². The average Bonchev–Trinajstić information content (AvgIpc) is 3.04. The molecule has 0 atom stereocenters. The van der Waals surface area contributed by atoms with Gasteiger partial charge in [-0.1, -0.05) is 17.7 Å². The maximum Gasteiger partial charge on any atom is 0.224 e. The summed E-state index contributed by atoms with van der Waals surface area (Å²) in [5, 5.41) is 2.14. The number of anilines is 1. The Bertz CT molecular complexity index is 722. The van der Waals surface area contributed by atoms with Gasteiger partial charge in [0.25, 0.3) is 0 Å². The number of hydrogen-bond donors (Lipinski definition) is 0. The number of nitrogens with zero attached hydrogens (tertiary/aromatic N) is 2. The molecule has 128 valence electrons. The topological polar surface area (TPSA) is 23.6 Å². The number of fused-ring (bicyclic) bond motifs is 1. The normalized spacial score (nSPS) is 13.7. The van der Waals surface area contributed by atoms with Gasteiger partial charge in [-0.25, -0.2) is 0 Å². The molecule has 1 aliphatic heterocycles. The van der Waals surface area contributed by atoms with Crippen LogP contribution in [0.1, 0.15) is 34.9 Å². The van der Waals surface area contributed by atoms with Gasteiger partial charge in [-0.3, -0.25) is 4.79 Å². The molecular formula is C20H26N2OS. The smallest absolute Gasteiger partial charge is 0.224 e. The van der Waals surface area contributed by atoms with Crippen LogP contribution >= 0.6 is 11.3 Å². The van der Waals surface area contributed by atoms with E-state index >= 15 is 0 Å². The van der Waals surface area contributed by atoms with Crippen molar-refractivity contribution >= 4 is 22.9 Å². The van der Waals surface area contributed by atoms with Gasteiger partial charge in [-0.05, 0) is 55.8 Å². The third-order valence-electron chi connectivity index (χ3n) is 4.83. The Labute approximate surface area is 148 Å². The summed E-state index contributed by atoms with van der Waals surface area (Å²) in [7, 11) is 0. The number of carbonyl (C=O) groups excluding carboxylic acids is 1. The van der Waals surface area contributed by atoms with E-state index in [0.717, 1.165) is 32.6 Å². The molecule has 0 saturated heterocycles. The summed E-state index contributed by atoms with van der Waals surface area (Å²) in [4.78, 5) is 18.4. The highest BCUT2D eigenvalue weighted by Gasteiger charge is 2.21. The second-order valence-corrected chi connectivity index (χ2v) is 7.55. The van der Waals surface area contributed by atoms with Gasteiger partial charge in [0.15, 0.2) is 0 Å². The predicted octanol–water partition coefficient (Wildman–Crippen LogP) is 4.17. The Morgan fingerprint density at radius 3 is 2.88 bits per heavy atom. The van der Waals surface area contributed by atoms with Crippen LogP contribution < -0.4 is 4.90 Å². The molecule has 0 bridgehead atoms. The van der Waals surface area contributed by atoms with Gasteiger partial charge in [-0.2, -0.15) is 0 Å². The average molecular weight is 343 g/mol. The van der Waals surface area contributed by atoms with Gasteiger partial charge in [0.05, 0.1) is 0 Å². The minimum absolute atomic E-state index is 0.273. The first kappa shape index (κ1) is 17.0. The molecule has 0 spiro atoms. The van der Waals surface area contributed by atoms with Gasteiger partial charge in [0, 0.05) is 43.2 Å². The van der Waals surface area contributed by atoms with Crippen molar-refractivity contribution in [1.29, 1.82) is 0 Å². The quantitative estimate of drug-likeness (QED) is 0.814. The maximum absolute atomic E-state index is 12.6. The Morgan fingerprint density at radius 1 is 1.29 bits per heavy atom. The summed E-state index contributed by atoms with van der Waals surface area (Å²) in [5.74, 6) is 0.273. The molecule has 2 aromatic rings. The van der Waals surface area contributed by atoms with Crippen LogP contribution in [0.25, 0.3) is 0 Å². The van der Waals surface area contributed by atoms with Crippen LogP contribution in [0.5, 0.6) is 0 Å². The van der Waals surface area contributed by atoms with Crippen molar-refractivity contribution in [1.82, 2.24) is 4.90 Å². The molecule has 0 saturated carbocycles. The van der Waals surface area contributed by atoms with Gasteiger partial charge in [-0.15, -0.1) is 11.3 Å². The zero-order chi connectivity index (χ0) is 17.1. The van der Waals surface area contributed by atoms with Gasteiger partial charge in [0.2, 0.25) is 5.91 Å². The fraction of sp³-hybridized carbons (Fsp3) is 0.450. The molecule has 0 aliphatic carbocycles. The second kappa shape index (κ2) is 7.39. The van der Waals surface area contributed by atoms with Crippen molar-refractivity contribution in [3.63, 3.8) is 0 Å². The Morgan fingerprint density at radius 2 is 2.12 bits per heavy atom. The van der Waals surface area contributed by atoms with Crippen LogP contribution in [0.4, 0.5) is 5.69 Å². The molecule has 0 unspecified atom stereocenters. The second-order valence-electron chi connectivity index (χ2n) is 6.55. The molecular weight excluding hydrogens is 316 g/mol. The Balaban J connectivity index is 1.60.